The fourth-order valence-electron chi connectivity index (χ4n) is 2.93. The van der Waals surface area contributed by atoms with Crippen molar-refractivity contribution in [3.05, 3.63) is 22.6 Å². The number of piperidine rings is 1. The summed E-state index contributed by atoms with van der Waals surface area (Å²) in [6.45, 7) is 6.75. The van der Waals surface area contributed by atoms with Crippen LogP contribution in [0, 0.1) is 26.7 Å². The van der Waals surface area contributed by atoms with Gasteiger partial charge in [-0.2, -0.15) is 0 Å². The van der Waals surface area contributed by atoms with E-state index < -0.39 is 5.97 Å². The minimum Gasteiger partial charge on any atom is -0.481 e. The van der Waals surface area contributed by atoms with Crippen molar-refractivity contribution < 1.29 is 19.1 Å². The summed E-state index contributed by atoms with van der Waals surface area (Å²) in [6, 6.07) is 0. The minimum atomic E-state index is -0.796. The molecule has 0 spiro atoms. The number of carboxylic acids is 1. The summed E-state index contributed by atoms with van der Waals surface area (Å²) < 4.78 is 5.51. The van der Waals surface area contributed by atoms with Gasteiger partial charge in [-0.05, 0) is 39.5 Å². The fraction of sp³-hybridized carbons (Fsp3) is 0.600. The van der Waals surface area contributed by atoms with Gasteiger partial charge >= 0.3 is 5.97 Å². The second kappa shape index (κ2) is 5.69. The molecular weight excluding hydrogens is 258 g/mol. The lowest BCUT2D eigenvalue weighted by atomic mass is 9.94. The smallest absolute Gasteiger partial charge is 0.303 e. The van der Waals surface area contributed by atoms with Crippen LogP contribution in [0.2, 0.25) is 0 Å². The van der Waals surface area contributed by atoms with Crippen LogP contribution in [-0.4, -0.2) is 35.0 Å². The third-order valence-corrected chi connectivity index (χ3v) is 4.04. The Labute approximate surface area is 118 Å². The molecule has 0 bridgehead atoms. The lowest BCUT2D eigenvalue weighted by Gasteiger charge is -2.32. The molecule has 1 fully saturated rings. The summed E-state index contributed by atoms with van der Waals surface area (Å²) in [6.07, 6.45) is 1.86. The third-order valence-electron chi connectivity index (χ3n) is 4.04. The molecule has 2 rings (SSSR count). The standard InChI is InChI=1S/C15H21NO4/c1-9-10(2)20-11(3)14(9)15(19)16-6-4-5-12(8-16)7-13(17)18/h12H,4-8H2,1-3H3,(H,17,18). The van der Waals surface area contributed by atoms with E-state index in [9.17, 15) is 9.59 Å². The van der Waals surface area contributed by atoms with Crippen LogP contribution >= 0.6 is 0 Å². The lowest BCUT2D eigenvalue weighted by molar-refractivity contribution is -0.138. The van der Waals surface area contributed by atoms with Gasteiger partial charge in [-0.15, -0.1) is 0 Å². The second-order valence-corrected chi connectivity index (χ2v) is 5.57. The van der Waals surface area contributed by atoms with Crippen molar-refractivity contribution >= 4 is 11.9 Å². The predicted molar refractivity (Wildman–Crippen MR) is 73.8 cm³/mol. The zero-order chi connectivity index (χ0) is 14.9. The molecule has 20 heavy (non-hydrogen) atoms. The van der Waals surface area contributed by atoms with Crippen LogP contribution in [0.5, 0.6) is 0 Å². The van der Waals surface area contributed by atoms with Crippen LogP contribution in [0.3, 0.4) is 0 Å². The van der Waals surface area contributed by atoms with Crippen molar-refractivity contribution in [2.45, 2.75) is 40.0 Å². The van der Waals surface area contributed by atoms with Gasteiger partial charge in [-0.3, -0.25) is 9.59 Å². The number of amides is 1. The molecule has 5 nitrogen and oxygen atoms in total. The Morgan fingerprint density at radius 3 is 2.55 bits per heavy atom. The zero-order valence-electron chi connectivity index (χ0n) is 12.2. The van der Waals surface area contributed by atoms with E-state index in [-0.39, 0.29) is 18.2 Å². The molecule has 1 aromatic rings. The van der Waals surface area contributed by atoms with Crippen LogP contribution in [0.15, 0.2) is 4.42 Å². The number of aliphatic carboxylic acids is 1. The Bertz CT molecular complexity index is 532. The number of carbonyl (C=O) groups is 2. The van der Waals surface area contributed by atoms with Crippen molar-refractivity contribution in [3.63, 3.8) is 0 Å². The van der Waals surface area contributed by atoms with Gasteiger partial charge in [-0.1, -0.05) is 0 Å². The van der Waals surface area contributed by atoms with E-state index in [1.807, 2.05) is 13.8 Å². The Morgan fingerprint density at radius 1 is 1.30 bits per heavy atom. The average Bonchev–Trinajstić information content (AvgIpc) is 2.62. The van der Waals surface area contributed by atoms with E-state index in [4.69, 9.17) is 9.52 Å². The predicted octanol–water partition coefficient (Wildman–Crippen LogP) is 2.53. The first-order valence-electron chi connectivity index (χ1n) is 6.97. The average molecular weight is 279 g/mol. The molecule has 110 valence electrons. The normalized spacial score (nSPS) is 19.1. The highest BCUT2D eigenvalue weighted by Gasteiger charge is 2.29. The van der Waals surface area contributed by atoms with Crippen LogP contribution in [0.25, 0.3) is 0 Å². The summed E-state index contributed by atoms with van der Waals surface area (Å²) in [5.41, 5.74) is 1.52. The van der Waals surface area contributed by atoms with Gasteiger partial charge in [0.05, 0.1) is 5.56 Å². The highest BCUT2D eigenvalue weighted by molar-refractivity contribution is 5.97. The Hall–Kier alpha value is -1.78. The summed E-state index contributed by atoms with van der Waals surface area (Å²) >= 11 is 0. The number of carboxylic acid groups (broad SMARTS) is 1. The van der Waals surface area contributed by atoms with Gasteiger partial charge in [0.25, 0.3) is 5.91 Å². The molecule has 1 N–H and O–H groups in total. The first kappa shape index (κ1) is 14.6. The molecule has 1 saturated heterocycles. The highest BCUT2D eigenvalue weighted by atomic mass is 16.4. The summed E-state index contributed by atoms with van der Waals surface area (Å²) in [7, 11) is 0. The Kier molecular flexibility index (Phi) is 4.16. The zero-order valence-corrected chi connectivity index (χ0v) is 12.2. The van der Waals surface area contributed by atoms with Crippen LogP contribution in [-0.2, 0) is 4.79 Å². The molecule has 1 unspecified atom stereocenters. The van der Waals surface area contributed by atoms with Crippen molar-refractivity contribution in [1.82, 2.24) is 4.90 Å². The lowest BCUT2D eigenvalue weighted by Crippen LogP contribution is -2.40. The van der Waals surface area contributed by atoms with E-state index in [1.54, 1.807) is 11.8 Å². The number of rotatable bonds is 3. The number of likely N-dealkylation sites (tertiary alicyclic amines) is 1. The van der Waals surface area contributed by atoms with Gasteiger partial charge in [-0.25, -0.2) is 0 Å². The van der Waals surface area contributed by atoms with Gasteiger partial charge in [0, 0.05) is 25.1 Å². The molecule has 5 heteroatoms. The number of nitrogens with zero attached hydrogens (tertiary/aromatic N) is 1. The van der Waals surface area contributed by atoms with Crippen LogP contribution in [0.1, 0.15) is 46.7 Å². The van der Waals surface area contributed by atoms with Crippen molar-refractivity contribution in [3.8, 4) is 0 Å². The second-order valence-electron chi connectivity index (χ2n) is 5.57. The largest absolute Gasteiger partial charge is 0.481 e. The maximum absolute atomic E-state index is 12.6. The van der Waals surface area contributed by atoms with Gasteiger partial charge in [0.1, 0.15) is 11.5 Å². The van der Waals surface area contributed by atoms with Gasteiger partial charge < -0.3 is 14.4 Å². The summed E-state index contributed by atoms with van der Waals surface area (Å²) in [5.74, 6) is 0.636. The van der Waals surface area contributed by atoms with E-state index in [1.165, 1.54) is 0 Å². The Balaban J connectivity index is 2.14. The number of carbonyl (C=O) groups excluding carboxylic acids is 1. The minimum absolute atomic E-state index is 0.0352. The maximum atomic E-state index is 12.6. The molecule has 2 heterocycles. The Morgan fingerprint density at radius 2 is 2.00 bits per heavy atom. The van der Waals surface area contributed by atoms with Gasteiger partial charge in [0.15, 0.2) is 0 Å². The van der Waals surface area contributed by atoms with Crippen LogP contribution in [0.4, 0.5) is 0 Å². The maximum Gasteiger partial charge on any atom is 0.303 e. The number of hydrogen-bond acceptors (Lipinski definition) is 3. The third kappa shape index (κ3) is 2.86. The fourth-order valence-corrected chi connectivity index (χ4v) is 2.93. The molecule has 1 aromatic heterocycles. The molecule has 0 aromatic carbocycles. The van der Waals surface area contributed by atoms with Crippen molar-refractivity contribution in [2.75, 3.05) is 13.1 Å². The van der Waals surface area contributed by atoms with E-state index in [2.05, 4.69) is 0 Å². The first-order valence-corrected chi connectivity index (χ1v) is 6.97. The molecule has 1 amide bonds. The van der Waals surface area contributed by atoms with Gasteiger partial charge in [0.2, 0.25) is 0 Å². The molecular formula is C15H21NO4. The highest BCUT2D eigenvalue weighted by Crippen LogP contribution is 2.26. The number of aryl methyl sites for hydroxylation is 2. The first-order chi connectivity index (χ1) is 9.40. The van der Waals surface area contributed by atoms with E-state index in [0.717, 1.165) is 24.2 Å². The molecule has 1 atom stereocenters. The molecule has 0 aliphatic carbocycles. The number of furan rings is 1. The SMILES string of the molecule is Cc1oc(C)c(C(=O)N2CCCC(CC(=O)O)C2)c1C. The molecule has 1 aliphatic rings. The van der Waals surface area contributed by atoms with Crippen molar-refractivity contribution in [2.24, 2.45) is 5.92 Å². The topological polar surface area (TPSA) is 70.8 Å². The monoisotopic (exact) mass is 279 g/mol. The molecule has 0 radical (unpaired) electrons. The number of hydrogen-bond donors (Lipinski definition) is 1. The van der Waals surface area contributed by atoms with Crippen molar-refractivity contribution in [1.29, 1.82) is 0 Å². The quantitative estimate of drug-likeness (QED) is 0.923. The summed E-state index contributed by atoms with van der Waals surface area (Å²) in [5, 5.41) is 8.88. The molecule has 1 aliphatic heterocycles. The van der Waals surface area contributed by atoms with E-state index in [0.29, 0.717) is 24.4 Å². The molecule has 0 saturated carbocycles. The van der Waals surface area contributed by atoms with E-state index >= 15 is 0 Å². The summed E-state index contributed by atoms with van der Waals surface area (Å²) in [4.78, 5) is 25.2. The van der Waals surface area contributed by atoms with Crippen LogP contribution < -0.4 is 0 Å².